The number of thioether (sulfide) groups is 1. The van der Waals surface area contributed by atoms with Crippen LogP contribution in [0, 0.1) is 27.7 Å². The minimum atomic E-state index is -0.263. The molecule has 1 heterocycles. The zero-order valence-electron chi connectivity index (χ0n) is 21.4. The highest BCUT2D eigenvalue weighted by atomic mass is 32.2. The first-order valence-electron chi connectivity index (χ1n) is 11.7. The van der Waals surface area contributed by atoms with Crippen molar-refractivity contribution in [3.63, 3.8) is 0 Å². The van der Waals surface area contributed by atoms with E-state index in [2.05, 4.69) is 5.32 Å². The van der Waals surface area contributed by atoms with Gasteiger partial charge in [-0.2, -0.15) is 0 Å². The van der Waals surface area contributed by atoms with E-state index < -0.39 is 0 Å². The summed E-state index contributed by atoms with van der Waals surface area (Å²) in [6.45, 7) is 7.76. The molecule has 2 amide bonds. The summed E-state index contributed by atoms with van der Waals surface area (Å²) in [5.41, 5.74) is 6.50. The Morgan fingerprint density at radius 2 is 1.73 bits per heavy atom. The van der Waals surface area contributed by atoms with Gasteiger partial charge in [0.05, 0.1) is 17.7 Å². The minimum Gasteiger partial charge on any atom is -0.493 e. The molecule has 1 fully saturated rings. The highest BCUT2D eigenvalue weighted by Crippen LogP contribution is 2.37. The number of ether oxygens (including phenoxy) is 2. The largest absolute Gasteiger partial charge is 0.493 e. The average molecular weight is 533 g/mol. The molecule has 6 nitrogen and oxygen atoms in total. The number of rotatable bonds is 7. The molecule has 0 unspecified atom stereocenters. The Balaban J connectivity index is 1.46. The Morgan fingerprint density at radius 3 is 2.41 bits per heavy atom. The summed E-state index contributed by atoms with van der Waals surface area (Å²) in [6.07, 6.45) is 1.77. The predicted molar refractivity (Wildman–Crippen MR) is 155 cm³/mol. The number of nitrogens with one attached hydrogen (secondary N) is 1. The third kappa shape index (κ3) is 6.03. The van der Waals surface area contributed by atoms with Crippen molar-refractivity contribution in [2.45, 2.75) is 27.7 Å². The summed E-state index contributed by atoms with van der Waals surface area (Å²) in [5.74, 6) is 0.456. The summed E-state index contributed by atoms with van der Waals surface area (Å²) >= 11 is 6.74. The molecule has 1 aliphatic rings. The van der Waals surface area contributed by atoms with E-state index in [1.165, 1.54) is 18.9 Å². The molecule has 4 rings (SSSR count). The van der Waals surface area contributed by atoms with E-state index in [9.17, 15) is 9.59 Å². The number of nitrogens with zero attached hydrogens (tertiary/aromatic N) is 1. The number of carbonyl (C=O) groups is 2. The Bertz CT molecular complexity index is 1410. The van der Waals surface area contributed by atoms with Gasteiger partial charge in [-0.05, 0) is 80.3 Å². The quantitative estimate of drug-likeness (QED) is 0.282. The zero-order valence-corrected chi connectivity index (χ0v) is 23.0. The van der Waals surface area contributed by atoms with Crippen LogP contribution >= 0.6 is 24.0 Å². The molecule has 0 aromatic heterocycles. The van der Waals surface area contributed by atoms with E-state index in [-0.39, 0.29) is 18.4 Å². The van der Waals surface area contributed by atoms with E-state index in [4.69, 9.17) is 21.7 Å². The van der Waals surface area contributed by atoms with Crippen molar-refractivity contribution in [1.82, 2.24) is 0 Å². The number of anilines is 2. The van der Waals surface area contributed by atoms with Crippen molar-refractivity contribution in [2.24, 2.45) is 0 Å². The summed E-state index contributed by atoms with van der Waals surface area (Å²) in [6, 6.07) is 17.0. The molecule has 0 bridgehead atoms. The lowest BCUT2D eigenvalue weighted by atomic mass is 10.1. The maximum atomic E-state index is 13.1. The van der Waals surface area contributed by atoms with Gasteiger partial charge in [0, 0.05) is 5.69 Å². The normalized spacial score (nSPS) is 14.3. The minimum absolute atomic E-state index is 0.168. The first kappa shape index (κ1) is 26.4. The summed E-state index contributed by atoms with van der Waals surface area (Å²) in [7, 11) is 1.53. The van der Waals surface area contributed by atoms with Gasteiger partial charge in [-0.3, -0.25) is 14.5 Å². The monoisotopic (exact) mass is 532 g/mol. The van der Waals surface area contributed by atoms with Crippen LogP contribution < -0.4 is 19.7 Å². The molecular formula is C29H28N2O4S2. The summed E-state index contributed by atoms with van der Waals surface area (Å²) in [5, 5.41) is 2.93. The van der Waals surface area contributed by atoms with Crippen LogP contribution in [0.3, 0.4) is 0 Å². The van der Waals surface area contributed by atoms with Crippen LogP contribution in [-0.4, -0.2) is 29.9 Å². The van der Waals surface area contributed by atoms with Gasteiger partial charge < -0.3 is 14.8 Å². The van der Waals surface area contributed by atoms with Gasteiger partial charge in [-0.1, -0.05) is 59.9 Å². The van der Waals surface area contributed by atoms with Crippen molar-refractivity contribution >= 4 is 57.6 Å². The number of hydrogen-bond donors (Lipinski definition) is 1. The first-order valence-corrected chi connectivity index (χ1v) is 12.9. The third-order valence-electron chi connectivity index (χ3n) is 5.84. The zero-order chi connectivity index (χ0) is 26.7. The highest BCUT2D eigenvalue weighted by molar-refractivity contribution is 8.27. The second kappa shape index (κ2) is 11.2. The Kier molecular flexibility index (Phi) is 8.00. The van der Waals surface area contributed by atoms with E-state index >= 15 is 0 Å². The van der Waals surface area contributed by atoms with Gasteiger partial charge in [0.15, 0.2) is 22.4 Å². The molecule has 0 atom stereocenters. The molecule has 1 N–H and O–H groups in total. The SMILES string of the molecule is COc1cc(/C=C2\SC(=S)N(c3cccc(C)c3)C2=O)ccc1OCC(=O)Nc1c(C)cc(C)cc1C. The Morgan fingerprint density at radius 1 is 1.00 bits per heavy atom. The van der Waals surface area contributed by atoms with Crippen molar-refractivity contribution < 1.29 is 19.1 Å². The van der Waals surface area contributed by atoms with Gasteiger partial charge in [-0.25, -0.2) is 0 Å². The number of methoxy groups -OCH3 is 1. The number of benzene rings is 3. The second-order valence-electron chi connectivity index (χ2n) is 8.88. The Labute approximate surface area is 226 Å². The van der Waals surface area contributed by atoms with E-state index in [0.29, 0.717) is 20.7 Å². The molecule has 8 heteroatoms. The third-order valence-corrected chi connectivity index (χ3v) is 7.14. The molecule has 37 heavy (non-hydrogen) atoms. The molecule has 1 saturated heterocycles. The van der Waals surface area contributed by atoms with Crippen molar-refractivity contribution in [1.29, 1.82) is 0 Å². The highest BCUT2D eigenvalue weighted by Gasteiger charge is 2.33. The van der Waals surface area contributed by atoms with Gasteiger partial charge in [0.1, 0.15) is 0 Å². The van der Waals surface area contributed by atoms with Crippen LogP contribution in [0.4, 0.5) is 11.4 Å². The number of hydrogen-bond acceptors (Lipinski definition) is 6. The fraction of sp³-hybridized carbons (Fsp3) is 0.207. The lowest BCUT2D eigenvalue weighted by Gasteiger charge is -2.15. The molecule has 0 radical (unpaired) electrons. The lowest BCUT2D eigenvalue weighted by molar-refractivity contribution is -0.118. The lowest BCUT2D eigenvalue weighted by Crippen LogP contribution is -2.27. The molecule has 190 valence electrons. The van der Waals surface area contributed by atoms with Crippen LogP contribution in [0.1, 0.15) is 27.8 Å². The van der Waals surface area contributed by atoms with Gasteiger partial charge in [0.25, 0.3) is 11.8 Å². The van der Waals surface area contributed by atoms with Gasteiger partial charge >= 0.3 is 0 Å². The molecule has 1 aliphatic heterocycles. The topological polar surface area (TPSA) is 67.9 Å². The van der Waals surface area contributed by atoms with Crippen molar-refractivity contribution in [3.8, 4) is 11.5 Å². The standard InChI is InChI=1S/C29H28N2O4S2/c1-17-7-6-8-22(13-17)31-28(33)25(37-29(31)36)15-21-9-10-23(24(14-21)34-5)35-16-26(32)30-27-19(3)11-18(2)12-20(27)4/h6-15H,16H2,1-5H3,(H,30,32)/b25-15-. The number of carbonyl (C=O) groups excluding carboxylic acids is 2. The van der Waals surface area contributed by atoms with E-state index in [1.54, 1.807) is 23.1 Å². The maximum Gasteiger partial charge on any atom is 0.270 e. The fourth-order valence-corrected chi connectivity index (χ4v) is 5.50. The number of thiocarbonyl (C=S) groups is 1. The Hall–Kier alpha value is -3.62. The van der Waals surface area contributed by atoms with Crippen LogP contribution in [0.15, 0.2) is 59.5 Å². The van der Waals surface area contributed by atoms with Crippen LogP contribution in [0.25, 0.3) is 6.08 Å². The van der Waals surface area contributed by atoms with Gasteiger partial charge in [0.2, 0.25) is 0 Å². The van der Waals surface area contributed by atoms with Crippen molar-refractivity contribution in [2.75, 3.05) is 23.9 Å². The summed E-state index contributed by atoms with van der Waals surface area (Å²) < 4.78 is 11.7. The first-order chi connectivity index (χ1) is 17.7. The van der Waals surface area contributed by atoms with Crippen molar-refractivity contribution in [3.05, 3.63) is 87.3 Å². The van der Waals surface area contributed by atoms with E-state index in [0.717, 1.165) is 39.2 Å². The molecule has 3 aromatic rings. The predicted octanol–water partition coefficient (Wildman–Crippen LogP) is 6.35. The molecule has 0 spiro atoms. The van der Waals surface area contributed by atoms with Crippen LogP contribution in [-0.2, 0) is 9.59 Å². The molecular weight excluding hydrogens is 504 g/mol. The number of aryl methyl sites for hydroxylation is 4. The van der Waals surface area contributed by atoms with Crippen LogP contribution in [0.2, 0.25) is 0 Å². The van der Waals surface area contributed by atoms with E-state index in [1.807, 2.05) is 70.2 Å². The molecule has 0 aliphatic carbocycles. The maximum absolute atomic E-state index is 13.1. The number of amides is 2. The second-order valence-corrected chi connectivity index (χ2v) is 10.6. The average Bonchev–Trinajstić information content (AvgIpc) is 3.12. The summed E-state index contributed by atoms with van der Waals surface area (Å²) in [4.78, 5) is 27.7. The molecule has 3 aromatic carbocycles. The van der Waals surface area contributed by atoms with Gasteiger partial charge in [-0.15, -0.1) is 0 Å². The fourth-order valence-electron chi connectivity index (χ4n) is 4.20. The smallest absolute Gasteiger partial charge is 0.270 e. The van der Waals surface area contributed by atoms with Crippen LogP contribution in [0.5, 0.6) is 11.5 Å². The molecule has 0 saturated carbocycles.